The van der Waals surface area contributed by atoms with Crippen LogP contribution in [0, 0.1) is 16.7 Å². The molecular weight excluding hydrogens is 194 g/mol. The molecular formula is C15H15N. The molecule has 0 unspecified atom stereocenters. The summed E-state index contributed by atoms with van der Waals surface area (Å²) >= 11 is 0. The molecule has 80 valence electrons. The summed E-state index contributed by atoms with van der Waals surface area (Å²) < 4.78 is 0. The summed E-state index contributed by atoms with van der Waals surface area (Å²) in [7, 11) is 0. The zero-order valence-corrected chi connectivity index (χ0v) is 9.37. The van der Waals surface area contributed by atoms with Crippen LogP contribution in [0.3, 0.4) is 0 Å². The third-order valence-corrected chi connectivity index (χ3v) is 4.02. The minimum absolute atomic E-state index is 0.0800. The minimum atomic E-state index is 0.0800. The second-order valence-corrected chi connectivity index (χ2v) is 4.94. The van der Waals surface area contributed by atoms with Crippen LogP contribution in [0.4, 0.5) is 0 Å². The first-order chi connectivity index (χ1) is 7.86. The van der Waals surface area contributed by atoms with Gasteiger partial charge < -0.3 is 0 Å². The summed E-state index contributed by atoms with van der Waals surface area (Å²) in [5.74, 6) is 0. The molecule has 1 aromatic rings. The molecule has 0 N–H and O–H groups in total. The van der Waals surface area contributed by atoms with Gasteiger partial charge in [-0.1, -0.05) is 49.6 Å². The fourth-order valence-electron chi connectivity index (χ4n) is 3.24. The summed E-state index contributed by atoms with van der Waals surface area (Å²) in [6, 6.07) is 10.8. The molecule has 0 amide bonds. The quantitative estimate of drug-likeness (QED) is 0.642. The van der Waals surface area contributed by atoms with Gasteiger partial charge in [0.1, 0.15) is 0 Å². The lowest BCUT2D eigenvalue weighted by Crippen LogP contribution is -2.24. The Labute approximate surface area is 95.7 Å². The molecule has 0 heterocycles. The van der Waals surface area contributed by atoms with E-state index in [1.54, 1.807) is 0 Å². The van der Waals surface area contributed by atoms with E-state index in [1.807, 2.05) is 6.07 Å². The van der Waals surface area contributed by atoms with E-state index in [0.717, 1.165) is 18.4 Å². The van der Waals surface area contributed by atoms with Gasteiger partial charge in [-0.25, -0.2) is 0 Å². The van der Waals surface area contributed by atoms with Gasteiger partial charge in [-0.15, -0.1) is 0 Å². The van der Waals surface area contributed by atoms with Crippen LogP contribution in [0.15, 0.2) is 24.3 Å². The maximum Gasteiger partial charge on any atom is 0.0962 e. The lowest BCUT2D eigenvalue weighted by molar-refractivity contribution is 0.362. The maximum atomic E-state index is 9.42. The molecule has 1 spiro atoms. The predicted octanol–water partition coefficient (Wildman–Crippen LogP) is 2.11. The van der Waals surface area contributed by atoms with Crippen molar-refractivity contribution in [2.24, 2.45) is 5.41 Å². The Morgan fingerprint density at radius 3 is 2.56 bits per heavy atom. The molecule has 3 rings (SSSR count). The third-order valence-electron chi connectivity index (χ3n) is 4.02. The SMILES string of the molecule is N#CC1=c2ccccc2=CC12CCCCC2. The van der Waals surface area contributed by atoms with Gasteiger partial charge in [0.2, 0.25) is 0 Å². The lowest BCUT2D eigenvalue weighted by Gasteiger charge is -2.32. The van der Waals surface area contributed by atoms with Crippen LogP contribution in [0.2, 0.25) is 0 Å². The molecule has 1 fully saturated rings. The first kappa shape index (κ1) is 9.66. The number of rotatable bonds is 0. The zero-order chi connectivity index (χ0) is 11.0. The van der Waals surface area contributed by atoms with Gasteiger partial charge in [-0.3, -0.25) is 0 Å². The fourth-order valence-corrected chi connectivity index (χ4v) is 3.24. The predicted molar refractivity (Wildman–Crippen MR) is 64.7 cm³/mol. The molecule has 0 aromatic heterocycles. The Morgan fingerprint density at radius 1 is 1.06 bits per heavy atom. The number of fused-ring (bicyclic) bond motifs is 1. The molecule has 1 aromatic carbocycles. The average Bonchev–Trinajstić information content (AvgIpc) is 2.62. The van der Waals surface area contributed by atoms with E-state index >= 15 is 0 Å². The van der Waals surface area contributed by atoms with Crippen molar-refractivity contribution < 1.29 is 0 Å². The fraction of sp³-hybridized carbons (Fsp3) is 0.400. The average molecular weight is 209 g/mol. The Hall–Kier alpha value is -1.55. The van der Waals surface area contributed by atoms with Crippen molar-refractivity contribution in [1.29, 1.82) is 5.26 Å². The summed E-state index contributed by atoms with van der Waals surface area (Å²) in [6.07, 6.45) is 8.51. The Balaban J connectivity index is 2.27. The first-order valence-electron chi connectivity index (χ1n) is 6.09. The smallest absolute Gasteiger partial charge is 0.0962 e. The zero-order valence-electron chi connectivity index (χ0n) is 9.37. The Bertz CT molecular complexity index is 568. The van der Waals surface area contributed by atoms with Crippen LogP contribution in [0.25, 0.3) is 11.6 Å². The van der Waals surface area contributed by atoms with Crippen molar-refractivity contribution >= 4 is 11.6 Å². The van der Waals surface area contributed by atoms with Crippen LogP contribution in [-0.2, 0) is 0 Å². The third kappa shape index (κ3) is 1.23. The van der Waals surface area contributed by atoms with Crippen LogP contribution in [-0.4, -0.2) is 0 Å². The highest BCUT2D eigenvalue weighted by atomic mass is 14.4. The van der Waals surface area contributed by atoms with Crippen LogP contribution < -0.4 is 10.4 Å². The van der Waals surface area contributed by atoms with E-state index in [9.17, 15) is 5.26 Å². The molecule has 1 saturated carbocycles. The highest BCUT2D eigenvalue weighted by Gasteiger charge is 2.36. The van der Waals surface area contributed by atoms with Gasteiger partial charge in [-0.2, -0.15) is 5.26 Å². The second kappa shape index (κ2) is 3.49. The molecule has 0 bridgehead atoms. The summed E-state index contributed by atoms with van der Waals surface area (Å²) in [5, 5.41) is 11.9. The Morgan fingerprint density at radius 2 is 1.81 bits per heavy atom. The van der Waals surface area contributed by atoms with E-state index in [-0.39, 0.29) is 5.41 Å². The van der Waals surface area contributed by atoms with Gasteiger partial charge in [0, 0.05) is 11.0 Å². The molecule has 2 aliphatic rings. The van der Waals surface area contributed by atoms with Crippen molar-refractivity contribution in [2.75, 3.05) is 0 Å². The van der Waals surface area contributed by atoms with Gasteiger partial charge in [0.15, 0.2) is 0 Å². The van der Waals surface area contributed by atoms with Crippen LogP contribution in [0.5, 0.6) is 0 Å². The van der Waals surface area contributed by atoms with E-state index in [2.05, 4.69) is 30.3 Å². The largest absolute Gasteiger partial charge is 0.193 e. The number of hydrogen-bond donors (Lipinski definition) is 0. The van der Waals surface area contributed by atoms with Crippen molar-refractivity contribution in [3.8, 4) is 6.07 Å². The minimum Gasteiger partial charge on any atom is -0.193 e. The summed E-state index contributed by atoms with van der Waals surface area (Å²) in [5.41, 5.74) is 1.10. The topological polar surface area (TPSA) is 23.8 Å². The molecule has 1 nitrogen and oxygen atoms in total. The van der Waals surface area contributed by atoms with Crippen molar-refractivity contribution in [2.45, 2.75) is 32.1 Å². The van der Waals surface area contributed by atoms with E-state index in [0.29, 0.717) is 0 Å². The Kier molecular flexibility index (Phi) is 2.11. The van der Waals surface area contributed by atoms with Gasteiger partial charge in [-0.05, 0) is 23.3 Å². The molecule has 0 radical (unpaired) electrons. The second-order valence-electron chi connectivity index (χ2n) is 4.94. The molecule has 0 atom stereocenters. The lowest BCUT2D eigenvalue weighted by atomic mass is 9.71. The number of nitriles is 1. The molecule has 0 saturated heterocycles. The highest BCUT2D eigenvalue weighted by Crippen LogP contribution is 2.45. The van der Waals surface area contributed by atoms with Gasteiger partial charge in [0.05, 0.1) is 6.07 Å². The summed E-state index contributed by atoms with van der Waals surface area (Å²) in [4.78, 5) is 0. The van der Waals surface area contributed by atoms with Gasteiger partial charge in [0.25, 0.3) is 0 Å². The number of nitrogens with zero attached hydrogens (tertiary/aromatic N) is 1. The maximum absolute atomic E-state index is 9.42. The molecule has 1 heteroatoms. The van der Waals surface area contributed by atoms with Crippen molar-refractivity contribution in [3.63, 3.8) is 0 Å². The van der Waals surface area contributed by atoms with Crippen molar-refractivity contribution in [3.05, 3.63) is 34.7 Å². The molecule has 2 aliphatic carbocycles. The number of hydrogen-bond acceptors (Lipinski definition) is 1. The molecule has 16 heavy (non-hydrogen) atoms. The highest BCUT2D eigenvalue weighted by molar-refractivity contribution is 5.77. The molecule has 0 aliphatic heterocycles. The van der Waals surface area contributed by atoms with Crippen LogP contribution >= 0.6 is 0 Å². The van der Waals surface area contributed by atoms with E-state index in [1.165, 1.54) is 29.7 Å². The number of benzene rings is 1. The summed E-state index contributed by atoms with van der Waals surface area (Å²) in [6.45, 7) is 0. The normalized spacial score (nSPS) is 21.3. The van der Waals surface area contributed by atoms with Crippen molar-refractivity contribution in [1.82, 2.24) is 0 Å². The van der Waals surface area contributed by atoms with E-state index < -0.39 is 0 Å². The van der Waals surface area contributed by atoms with E-state index in [4.69, 9.17) is 0 Å². The first-order valence-corrected chi connectivity index (χ1v) is 6.09. The van der Waals surface area contributed by atoms with Gasteiger partial charge >= 0.3 is 0 Å². The van der Waals surface area contributed by atoms with Crippen LogP contribution in [0.1, 0.15) is 32.1 Å². The standard InChI is InChI=1S/C15H15N/c16-11-14-13-7-3-2-6-12(13)10-15(14)8-4-1-5-9-15/h2-3,6-7,10H,1,4-5,8-9H2. The monoisotopic (exact) mass is 209 g/mol.